The summed E-state index contributed by atoms with van der Waals surface area (Å²) in [6.45, 7) is 2.75. The zero-order chi connectivity index (χ0) is 18.0. The number of rotatable bonds is 4. The molecule has 1 N–H and O–H groups in total. The largest absolute Gasteiger partial charge is 0.320 e. The summed E-state index contributed by atoms with van der Waals surface area (Å²) >= 11 is 1.14. The van der Waals surface area contributed by atoms with Crippen LogP contribution in [0.3, 0.4) is 0 Å². The smallest absolute Gasteiger partial charge is 0.265 e. The van der Waals surface area contributed by atoms with Gasteiger partial charge in [-0.25, -0.2) is 8.42 Å². The first-order chi connectivity index (χ1) is 11.9. The molecule has 2 heterocycles. The van der Waals surface area contributed by atoms with E-state index in [4.69, 9.17) is 5.26 Å². The van der Waals surface area contributed by atoms with E-state index in [0.29, 0.717) is 34.1 Å². The highest BCUT2D eigenvalue weighted by Crippen LogP contribution is 2.30. The Morgan fingerprint density at radius 3 is 2.64 bits per heavy atom. The lowest BCUT2D eigenvalue weighted by Gasteiger charge is -2.14. The van der Waals surface area contributed by atoms with Crippen molar-refractivity contribution < 1.29 is 13.2 Å². The summed E-state index contributed by atoms with van der Waals surface area (Å²) in [7, 11) is -3.56. The number of sulfonamides is 1. The first-order valence-corrected chi connectivity index (χ1v) is 10.1. The summed E-state index contributed by atoms with van der Waals surface area (Å²) in [5.74, 6) is -0.418. The molecule has 1 aromatic heterocycles. The molecular formula is C17H17N3O3S2. The van der Waals surface area contributed by atoms with Crippen molar-refractivity contribution >= 4 is 33.0 Å². The van der Waals surface area contributed by atoms with Crippen LogP contribution in [0.5, 0.6) is 0 Å². The molecule has 1 amide bonds. The van der Waals surface area contributed by atoms with Crippen molar-refractivity contribution in [2.45, 2.75) is 24.7 Å². The van der Waals surface area contributed by atoms with Crippen molar-refractivity contribution in [2.24, 2.45) is 0 Å². The zero-order valence-electron chi connectivity index (χ0n) is 13.7. The van der Waals surface area contributed by atoms with Crippen LogP contribution in [0, 0.1) is 18.3 Å². The fraction of sp³-hybridized carbons (Fsp3) is 0.294. The minimum Gasteiger partial charge on any atom is -0.320 e. The van der Waals surface area contributed by atoms with E-state index in [1.165, 1.54) is 10.4 Å². The lowest BCUT2D eigenvalue weighted by Crippen LogP contribution is -2.28. The van der Waals surface area contributed by atoms with Crippen molar-refractivity contribution in [3.63, 3.8) is 0 Å². The van der Waals surface area contributed by atoms with Crippen molar-refractivity contribution in [1.29, 1.82) is 5.26 Å². The Hall–Kier alpha value is -2.21. The second kappa shape index (κ2) is 6.96. The first kappa shape index (κ1) is 17.6. The SMILES string of the molecule is Cc1sc(C(=O)Nc2ccccc2C#N)cc1S(=O)(=O)N1CCCC1. The number of carbonyl (C=O) groups excluding carboxylic acids is 1. The number of hydrogen-bond donors (Lipinski definition) is 1. The van der Waals surface area contributed by atoms with Crippen molar-refractivity contribution in [3.05, 3.63) is 45.6 Å². The predicted molar refractivity (Wildman–Crippen MR) is 96.2 cm³/mol. The minimum absolute atomic E-state index is 0.193. The van der Waals surface area contributed by atoms with Crippen LogP contribution in [0.2, 0.25) is 0 Å². The molecule has 0 saturated carbocycles. The molecule has 1 aliphatic rings. The third-order valence-electron chi connectivity index (χ3n) is 4.07. The van der Waals surface area contributed by atoms with E-state index in [1.54, 1.807) is 31.2 Å². The summed E-state index contributed by atoms with van der Waals surface area (Å²) in [5.41, 5.74) is 0.763. The number of carbonyl (C=O) groups is 1. The molecule has 0 unspecified atom stereocenters. The van der Waals surface area contributed by atoms with Gasteiger partial charge in [0, 0.05) is 18.0 Å². The Morgan fingerprint density at radius 1 is 1.28 bits per heavy atom. The van der Waals surface area contributed by atoms with Crippen LogP contribution in [0.1, 0.15) is 33.0 Å². The quantitative estimate of drug-likeness (QED) is 0.889. The van der Waals surface area contributed by atoms with Gasteiger partial charge < -0.3 is 5.32 Å². The third-order valence-corrected chi connectivity index (χ3v) is 7.28. The highest BCUT2D eigenvalue weighted by atomic mass is 32.2. The number of nitrogens with zero attached hydrogens (tertiary/aromatic N) is 2. The van der Waals surface area contributed by atoms with Gasteiger partial charge in [-0.2, -0.15) is 9.57 Å². The maximum Gasteiger partial charge on any atom is 0.265 e. The molecule has 0 bridgehead atoms. The number of hydrogen-bond acceptors (Lipinski definition) is 5. The van der Waals surface area contributed by atoms with Crippen LogP contribution < -0.4 is 5.32 Å². The second-order valence-electron chi connectivity index (χ2n) is 5.75. The van der Waals surface area contributed by atoms with Gasteiger partial charge in [-0.05, 0) is 38.0 Å². The van der Waals surface area contributed by atoms with E-state index < -0.39 is 15.9 Å². The number of aryl methyl sites for hydroxylation is 1. The molecule has 25 heavy (non-hydrogen) atoms. The van der Waals surface area contributed by atoms with Crippen LogP contribution in [0.4, 0.5) is 5.69 Å². The fourth-order valence-electron chi connectivity index (χ4n) is 2.77. The topological polar surface area (TPSA) is 90.3 Å². The van der Waals surface area contributed by atoms with Crippen molar-refractivity contribution in [2.75, 3.05) is 18.4 Å². The van der Waals surface area contributed by atoms with Gasteiger partial charge in [-0.1, -0.05) is 12.1 Å². The molecule has 6 nitrogen and oxygen atoms in total. The van der Waals surface area contributed by atoms with E-state index in [-0.39, 0.29) is 4.90 Å². The number of thiophene rings is 1. The van der Waals surface area contributed by atoms with Gasteiger partial charge in [0.15, 0.2) is 0 Å². The number of nitrogens with one attached hydrogen (secondary N) is 1. The average molecular weight is 375 g/mol. The van der Waals surface area contributed by atoms with Crippen molar-refractivity contribution in [1.82, 2.24) is 4.31 Å². The second-order valence-corrected chi connectivity index (χ2v) is 8.92. The fourth-order valence-corrected chi connectivity index (χ4v) is 5.75. The maximum atomic E-state index is 12.7. The summed E-state index contributed by atoms with van der Waals surface area (Å²) in [6.07, 6.45) is 1.72. The lowest BCUT2D eigenvalue weighted by atomic mass is 10.2. The number of amides is 1. The standard InChI is InChI=1S/C17H17N3O3S2/c1-12-16(25(22,23)20-8-4-5-9-20)10-15(24-12)17(21)19-14-7-3-2-6-13(14)11-18/h2-3,6-7,10H,4-5,8-9H2,1H3,(H,19,21). The molecule has 130 valence electrons. The van der Waals surface area contributed by atoms with E-state index >= 15 is 0 Å². The predicted octanol–water partition coefficient (Wildman–Crippen LogP) is 2.97. The molecule has 0 radical (unpaired) electrons. The summed E-state index contributed by atoms with van der Waals surface area (Å²) in [4.78, 5) is 13.6. The molecule has 1 aromatic carbocycles. The highest BCUT2D eigenvalue weighted by molar-refractivity contribution is 7.89. The van der Waals surface area contributed by atoms with Gasteiger partial charge in [-0.3, -0.25) is 4.79 Å². The maximum absolute atomic E-state index is 12.7. The molecule has 1 fully saturated rings. The van der Waals surface area contributed by atoms with Gasteiger partial charge in [0.2, 0.25) is 10.0 Å². The summed E-state index contributed by atoms with van der Waals surface area (Å²) in [5, 5.41) is 11.8. The molecular weight excluding hydrogens is 358 g/mol. The Balaban J connectivity index is 1.87. The van der Waals surface area contributed by atoms with Gasteiger partial charge in [0.05, 0.1) is 21.0 Å². The van der Waals surface area contributed by atoms with Crippen LogP contribution in [-0.4, -0.2) is 31.7 Å². The molecule has 0 atom stereocenters. The van der Waals surface area contributed by atoms with E-state index in [1.807, 2.05) is 6.07 Å². The Morgan fingerprint density at radius 2 is 1.96 bits per heavy atom. The van der Waals surface area contributed by atoms with Gasteiger partial charge in [-0.15, -0.1) is 11.3 Å². The molecule has 8 heteroatoms. The van der Waals surface area contributed by atoms with Crippen molar-refractivity contribution in [3.8, 4) is 6.07 Å². The lowest BCUT2D eigenvalue weighted by molar-refractivity contribution is 0.103. The summed E-state index contributed by atoms with van der Waals surface area (Å²) < 4.78 is 26.9. The number of nitriles is 1. The normalized spacial score (nSPS) is 15.0. The van der Waals surface area contributed by atoms with E-state index in [9.17, 15) is 13.2 Å². The highest BCUT2D eigenvalue weighted by Gasteiger charge is 2.30. The number of para-hydroxylation sites is 1. The molecule has 0 aliphatic carbocycles. The third kappa shape index (κ3) is 3.44. The Kier molecular flexibility index (Phi) is 4.90. The average Bonchev–Trinajstić information content (AvgIpc) is 3.25. The minimum atomic E-state index is -3.56. The molecule has 3 rings (SSSR count). The molecule has 1 saturated heterocycles. The first-order valence-electron chi connectivity index (χ1n) is 7.84. The molecule has 2 aromatic rings. The van der Waals surface area contributed by atoms with Crippen LogP contribution in [0.25, 0.3) is 0 Å². The molecule has 1 aliphatic heterocycles. The van der Waals surface area contributed by atoms with E-state index in [0.717, 1.165) is 24.2 Å². The van der Waals surface area contributed by atoms with Gasteiger partial charge in [0.1, 0.15) is 6.07 Å². The molecule has 0 spiro atoms. The van der Waals surface area contributed by atoms with E-state index in [2.05, 4.69) is 5.32 Å². The van der Waals surface area contributed by atoms with Crippen LogP contribution in [0.15, 0.2) is 35.2 Å². The van der Waals surface area contributed by atoms with Crippen LogP contribution in [-0.2, 0) is 10.0 Å². The van der Waals surface area contributed by atoms with Gasteiger partial charge >= 0.3 is 0 Å². The Labute approximate surface area is 150 Å². The zero-order valence-corrected chi connectivity index (χ0v) is 15.3. The van der Waals surface area contributed by atoms with Gasteiger partial charge in [0.25, 0.3) is 5.91 Å². The number of anilines is 1. The number of benzene rings is 1. The van der Waals surface area contributed by atoms with Crippen LogP contribution >= 0.6 is 11.3 Å². The summed E-state index contributed by atoms with van der Waals surface area (Å²) in [6, 6.07) is 10.1. The Bertz CT molecular complexity index is 952. The monoisotopic (exact) mass is 375 g/mol.